The molecule has 5 heteroatoms. The van der Waals surface area contributed by atoms with Crippen molar-refractivity contribution in [2.45, 2.75) is 25.6 Å². The smallest absolute Gasteiger partial charge is 0.224 e. The molecule has 0 aliphatic rings. The van der Waals surface area contributed by atoms with Crippen LogP contribution in [0, 0.1) is 17.6 Å². The topological polar surface area (TPSA) is 29.1 Å². The van der Waals surface area contributed by atoms with Crippen LogP contribution in [0.5, 0.6) is 0 Å². The van der Waals surface area contributed by atoms with Crippen molar-refractivity contribution in [1.82, 2.24) is 5.32 Å². The zero-order valence-corrected chi connectivity index (χ0v) is 11.1. The maximum Gasteiger partial charge on any atom is 0.224 e. The Balaban J connectivity index is 2.55. The molecule has 1 atom stereocenters. The van der Waals surface area contributed by atoms with Gasteiger partial charge in [0.25, 0.3) is 0 Å². The van der Waals surface area contributed by atoms with Gasteiger partial charge >= 0.3 is 0 Å². The summed E-state index contributed by atoms with van der Waals surface area (Å²) in [4.78, 5) is 11.5. The van der Waals surface area contributed by atoms with Crippen molar-refractivity contribution in [3.8, 4) is 0 Å². The Hall–Kier alpha value is -1.16. The number of halogens is 3. The van der Waals surface area contributed by atoms with E-state index >= 15 is 0 Å². The minimum absolute atomic E-state index is 0.195. The maximum atomic E-state index is 13.3. The average molecular weight is 276 g/mol. The molecule has 18 heavy (non-hydrogen) atoms. The van der Waals surface area contributed by atoms with E-state index in [1.165, 1.54) is 6.07 Å². The fraction of sp³-hybridized carbons (Fsp3) is 0.462. The van der Waals surface area contributed by atoms with Crippen molar-refractivity contribution >= 4 is 17.5 Å². The number of benzene rings is 1. The van der Waals surface area contributed by atoms with E-state index in [4.69, 9.17) is 11.6 Å². The van der Waals surface area contributed by atoms with Gasteiger partial charge in [0, 0.05) is 12.1 Å². The summed E-state index contributed by atoms with van der Waals surface area (Å²) in [6.45, 7) is 4.15. The summed E-state index contributed by atoms with van der Waals surface area (Å²) in [5, 5.41) is 2.37. The van der Waals surface area contributed by atoms with Gasteiger partial charge in [-0.25, -0.2) is 8.78 Å². The first kappa shape index (κ1) is 14.9. The number of amides is 1. The third-order valence-corrected chi connectivity index (χ3v) is 3.27. The molecule has 1 amide bonds. The third kappa shape index (κ3) is 4.26. The van der Waals surface area contributed by atoms with Crippen LogP contribution < -0.4 is 5.32 Å². The van der Waals surface area contributed by atoms with Crippen LogP contribution in [-0.4, -0.2) is 17.8 Å². The van der Waals surface area contributed by atoms with Gasteiger partial charge in [0.2, 0.25) is 5.91 Å². The molecule has 0 heterocycles. The van der Waals surface area contributed by atoms with Gasteiger partial charge in [0.15, 0.2) is 0 Å². The van der Waals surface area contributed by atoms with E-state index in [2.05, 4.69) is 5.32 Å². The van der Waals surface area contributed by atoms with Crippen LogP contribution in [0.2, 0.25) is 0 Å². The summed E-state index contributed by atoms with van der Waals surface area (Å²) in [6, 6.07) is 3.52. The molecule has 0 fully saturated rings. The predicted octanol–water partition coefficient (Wildman–Crippen LogP) is 2.89. The molecule has 100 valence electrons. The van der Waals surface area contributed by atoms with Gasteiger partial charge in [-0.15, -0.1) is 11.6 Å². The second-order valence-electron chi connectivity index (χ2n) is 4.44. The quantitative estimate of drug-likeness (QED) is 0.823. The number of rotatable bonds is 5. The zero-order valence-electron chi connectivity index (χ0n) is 10.3. The van der Waals surface area contributed by atoms with Gasteiger partial charge in [0.05, 0.1) is 11.8 Å². The normalized spacial score (nSPS) is 12.6. The molecule has 1 N–H and O–H groups in total. The first-order valence-corrected chi connectivity index (χ1v) is 6.19. The summed E-state index contributed by atoms with van der Waals surface area (Å²) < 4.78 is 26.6. The number of carbonyl (C=O) groups excluding carboxylic acids is 1. The van der Waals surface area contributed by atoms with E-state index in [-0.39, 0.29) is 29.8 Å². The third-order valence-electron chi connectivity index (χ3n) is 2.62. The molecule has 0 aliphatic carbocycles. The number of nitrogens with one attached hydrogen (secondary N) is 1. The Morgan fingerprint density at radius 1 is 1.33 bits per heavy atom. The highest BCUT2D eigenvalue weighted by molar-refractivity contribution is 6.21. The number of carbonyl (C=O) groups is 1. The maximum absolute atomic E-state index is 13.3. The van der Waals surface area contributed by atoms with Crippen molar-refractivity contribution in [2.75, 3.05) is 6.54 Å². The van der Waals surface area contributed by atoms with Gasteiger partial charge in [0.1, 0.15) is 11.6 Å². The molecule has 0 radical (unpaired) electrons. The van der Waals surface area contributed by atoms with Crippen LogP contribution >= 0.6 is 11.6 Å². The minimum atomic E-state index is -0.712. The molecule has 0 saturated heterocycles. The minimum Gasteiger partial charge on any atom is -0.354 e. The van der Waals surface area contributed by atoms with Crippen molar-refractivity contribution in [3.05, 3.63) is 35.4 Å². The molecule has 1 unspecified atom stereocenters. The van der Waals surface area contributed by atoms with Gasteiger partial charge in [-0.05, 0) is 18.1 Å². The van der Waals surface area contributed by atoms with Crippen LogP contribution in [0.3, 0.4) is 0 Å². The molecule has 2 nitrogen and oxygen atoms in total. The fourth-order valence-electron chi connectivity index (χ4n) is 1.37. The highest BCUT2D eigenvalue weighted by Gasteiger charge is 2.15. The summed E-state index contributed by atoms with van der Waals surface area (Å²) in [5.41, 5.74) is -0.217. The van der Waals surface area contributed by atoms with Crippen LogP contribution in [0.25, 0.3) is 0 Å². The molecule has 0 aromatic heterocycles. The molecular weight excluding hydrogens is 260 g/mol. The van der Waals surface area contributed by atoms with Crippen LogP contribution in [0.4, 0.5) is 8.78 Å². The van der Waals surface area contributed by atoms with E-state index in [1.54, 1.807) is 0 Å². The van der Waals surface area contributed by atoms with E-state index in [1.807, 2.05) is 13.8 Å². The first-order valence-electron chi connectivity index (χ1n) is 5.75. The fourth-order valence-corrected chi connectivity index (χ4v) is 1.45. The monoisotopic (exact) mass is 275 g/mol. The lowest BCUT2D eigenvalue weighted by molar-refractivity contribution is -0.120. The van der Waals surface area contributed by atoms with Gasteiger partial charge in [-0.2, -0.15) is 0 Å². The lowest BCUT2D eigenvalue weighted by Gasteiger charge is -2.14. The van der Waals surface area contributed by atoms with Crippen LogP contribution in [0.1, 0.15) is 19.4 Å². The number of alkyl halides is 1. The molecule has 1 aromatic carbocycles. The Bertz CT molecular complexity index is 403. The van der Waals surface area contributed by atoms with Crippen molar-refractivity contribution in [2.24, 2.45) is 5.92 Å². The second kappa shape index (κ2) is 6.69. The molecular formula is C13H16ClF2NO. The van der Waals surface area contributed by atoms with E-state index < -0.39 is 17.5 Å². The van der Waals surface area contributed by atoms with Crippen LogP contribution in [0.15, 0.2) is 18.2 Å². The number of hydrogen-bond donors (Lipinski definition) is 1. The Kier molecular flexibility index (Phi) is 5.54. The van der Waals surface area contributed by atoms with Gasteiger partial charge < -0.3 is 5.32 Å². The van der Waals surface area contributed by atoms with E-state index in [9.17, 15) is 13.6 Å². The van der Waals surface area contributed by atoms with Gasteiger partial charge in [-0.3, -0.25) is 4.79 Å². The Morgan fingerprint density at radius 3 is 2.39 bits per heavy atom. The SMILES string of the molecule is CC(C)C(Cl)CNC(=O)Cc1c(F)cccc1F. The largest absolute Gasteiger partial charge is 0.354 e. The highest BCUT2D eigenvalue weighted by atomic mass is 35.5. The van der Waals surface area contributed by atoms with Crippen molar-refractivity contribution in [3.63, 3.8) is 0 Å². The Labute approximate surface area is 110 Å². The van der Waals surface area contributed by atoms with Crippen molar-refractivity contribution < 1.29 is 13.6 Å². The molecule has 1 aromatic rings. The second-order valence-corrected chi connectivity index (χ2v) is 5.00. The molecule has 0 spiro atoms. The lowest BCUT2D eigenvalue weighted by atomic mass is 10.1. The highest BCUT2D eigenvalue weighted by Crippen LogP contribution is 2.13. The Morgan fingerprint density at radius 2 is 1.89 bits per heavy atom. The summed E-state index contributed by atoms with van der Waals surface area (Å²) in [6.07, 6.45) is -0.319. The van der Waals surface area contributed by atoms with E-state index in [0.717, 1.165) is 12.1 Å². The standard InChI is InChI=1S/C13H16ClF2NO/c1-8(2)10(14)7-17-13(18)6-9-11(15)4-3-5-12(9)16/h3-5,8,10H,6-7H2,1-2H3,(H,17,18). The summed E-state index contributed by atoms with van der Waals surface area (Å²) in [7, 11) is 0. The average Bonchev–Trinajstić information content (AvgIpc) is 2.30. The molecule has 0 bridgehead atoms. The van der Waals surface area contributed by atoms with E-state index in [0.29, 0.717) is 0 Å². The zero-order chi connectivity index (χ0) is 13.7. The number of hydrogen-bond acceptors (Lipinski definition) is 1. The molecule has 1 rings (SSSR count). The van der Waals surface area contributed by atoms with Crippen molar-refractivity contribution in [1.29, 1.82) is 0 Å². The summed E-state index contributed by atoms with van der Waals surface area (Å²) in [5.74, 6) is -1.64. The predicted molar refractivity (Wildman–Crippen MR) is 67.6 cm³/mol. The lowest BCUT2D eigenvalue weighted by Crippen LogP contribution is -2.33. The molecule has 0 aliphatic heterocycles. The van der Waals surface area contributed by atoms with Gasteiger partial charge in [-0.1, -0.05) is 19.9 Å². The van der Waals surface area contributed by atoms with Crippen LogP contribution in [-0.2, 0) is 11.2 Å². The summed E-state index contributed by atoms with van der Waals surface area (Å²) >= 11 is 5.96. The molecule has 0 saturated carbocycles. The first-order chi connectivity index (χ1) is 8.41.